The molecule has 182 valence electrons. The number of phenolic OH excluding ortho intramolecular Hbond substituents is 2. The molecule has 1 fully saturated rings. The molecule has 1 aromatic carbocycles. The van der Waals surface area contributed by atoms with Crippen LogP contribution in [0.15, 0.2) is 28.7 Å². The molecule has 15 nitrogen and oxygen atoms in total. The summed E-state index contributed by atoms with van der Waals surface area (Å²) in [5, 5.41) is 28.4. The number of benzene rings is 1. The first-order valence-corrected chi connectivity index (χ1v) is 11.5. The van der Waals surface area contributed by atoms with Gasteiger partial charge in [0.15, 0.2) is 28.9 Å². The number of β-lactam (4-membered cyclic amide) rings is 1. The summed E-state index contributed by atoms with van der Waals surface area (Å²) < 4.78 is 31.7. The first-order chi connectivity index (χ1) is 15.9. The van der Waals surface area contributed by atoms with E-state index in [1.165, 1.54) is 18.4 Å². The monoisotopic (exact) mass is 514 g/mol. The van der Waals surface area contributed by atoms with Gasteiger partial charge in [0.25, 0.3) is 17.7 Å². The van der Waals surface area contributed by atoms with Gasteiger partial charge in [-0.1, -0.05) is 5.16 Å². The number of hydrogen-bond donors (Lipinski definition) is 6. The third-order valence-corrected chi connectivity index (χ3v) is 6.14. The number of nitrogens with two attached hydrogens (primary N) is 1. The van der Waals surface area contributed by atoms with Gasteiger partial charge in [0, 0.05) is 17.1 Å². The van der Waals surface area contributed by atoms with Gasteiger partial charge < -0.3 is 31.4 Å². The molecule has 7 N–H and O–H groups in total. The summed E-state index contributed by atoms with van der Waals surface area (Å²) in [5.74, 6) is -3.59. The summed E-state index contributed by atoms with van der Waals surface area (Å²) in [4.78, 5) is 45.6. The second kappa shape index (κ2) is 9.49. The van der Waals surface area contributed by atoms with Gasteiger partial charge in [0.05, 0.1) is 6.04 Å². The molecule has 0 radical (unpaired) electrons. The highest BCUT2D eigenvalue weighted by molar-refractivity contribution is 7.84. The summed E-state index contributed by atoms with van der Waals surface area (Å²) in [7, 11) is -4.78. The maximum atomic E-state index is 12.7. The van der Waals surface area contributed by atoms with Crippen molar-refractivity contribution in [3.63, 3.8) is 0 Å². The van der Waals surface area contributed by atoms with E-state index in [1.54, 1.807) is 0 Å². The van der Waals surface area contributed by atoms with E-state index in [0.29, 0.717) is 0 Å². The van der Waals surface area contributed by atoms with Crippen LogP contribution in [0, 0.1) is 0 Å². The SMILES string of the molecule is C[C@@H]1[C@H](NC(=O)C(=NOCC(=O)Nc2ccc(O)c(O)c2)c2csc(N)n2)C(=O)N1S(=O)(=O)O. The predicted molar refractivity (Wildman–Crippen MR) is 117 cm³/mol. The maximum Gasteiger partial charge on any atom is 0.362 e. The first-order valence-electron chi connectivity index (χ1n) is 9.23. The number of thiazole rings is 1. The number of aromatic hydroxyl groups is 2. The largest absolute Gasteiger partial charge is 0.504 e. The minimum atomic E-state index is -4.78. The highest BCUT2D eigenvalue weighted by Crippen LogP contribution is 2.27. The van der Waals surface area contributed by atoms with E-state index < -0.39 is 58.2 Å². The van der Waals surface area contributed by atoms with Gasteiger partial charge in [0.2, 0.25) is 0 Å². The Morgan fingerprint density at radius 3 is 2.59 bits per heavy atom. The Morgan fingerprint density at radius 1 is 1.32 bits per heavy atom. The van der Waals surface area contributed by atoms with Gasteiger partial charge in [-0.2, -0.15) is 8.42 Å². The van der Waals surface area contributed by atoms with E-state index in [9.17, 15) is 33.0 Å². The quantitative estimate of drug-likeness (QED) is 0.0625. The fraction of sp³-hybridized carbons (Fsp3) is 0.235. The van der Waals surface area contributed by atoms with Crippen LogP contribution < -0.4 is 16.4 Å². The average Bonchev–Trinajstić information content (AvgIpc) is 3.17. The molecule has 1 aliphatic heterocycles. The molecule has 2 atom stereocenters. The lowest BCUT2D eigenvalue weighted by molar-refractivity contribution is -0.143. The number of nitrogens with zero attached hydrogens (tertiary/aromatic N) is 3. The van der Waals surface area contributed by atoms with E-state index in [4.69, 9.17) is 15.1 Å². The molecule has 0 bridgehead atoms. The molecule has 1 saturated heterocycles. The summed E-state index contributed by atoms with van der Waals surface area (Å²) in [6.07, 6.45) is 0. The Hall–Kier alpha value is -3.96. The van der Waals surface area contributed by atoms with Gasteiger partial charge in [-0.05, 0) is 19.1 Å². The molecule has 2 heterocycles. The maximum absolute atomic E-state index is 12.7. The van der Waals surface area contributed by atoms with Crippen LogP contribution in [0.5, 0.6) is 11.5 Å². The van der Waals surface area contributed by atoms with E-state index in [2.05, 4.69) is 20.8 Å². The number of aromatic nitrogens is 1. The number of amides is 3. The lowest BCUT2D eigenvalue weighted by Crippen LogP contribution is -2.71. The molecule has 0 unspecified atom stereocenters. The fourth-order valence-corrected chi connectivity index (χ4v) is 4.30. The Bertz CT molecular complexity index is 1280. The highest BCUT2D eigenvalue weighted by atomic mass is 32.2. The third-order valence-electron chi connectivity index (χ3n) is 4.46. The van der Waals surface area contributed by atoms with E-state index in [1.807, 2.05) is 0 Å². The van der Waals surface area contributed by atoms with Crippen molar-refractivity contribution in [1.82, 2.24) is 14.6 Å². The van der Waals surface area contributed by atoms with Crippen molar-refractivity contribution in [2.45, 2.75) is 19.0 Å². The Kier molecular flexibility index (Phi) is 6.89. The minimum absolute atomic E-state index is 0.0325. The van der Waals surface area contributed by atoms with Crippen LogP contribution in [0.4, 0.5) is 10.8 Å². The van der Waals surface area contributed by atoms with E-state index >= 15 is 0 Å². The zero-order valence-electron chi connectivity index (χ0n) is 17.2. The lowest BCUT2D eigenvalue weighted by atomic mass is 10.0. The Balaban J connectivity index is 1.68. The van der Waals surface area contributed by atoms with Crippen molar-refractivity contribution in [3.8, 4) is 11.5 Å². The smallest absolute Gasteiger partial charge is 0.362 e. The van der Waals surface area contributed by atoms with Crippen molar-refractivity contribution < 1.29 is 42.4 Å². The van der Waals surface area contributed by atoms with Crippen LogP contribution in [0.1, 0.15) is 12.6 Å². The van der Waals surface area contributed by atoms with Crippen LogP contribution in [0.3, 0.4) is 0 Å². The number of carbonyl (C=O) groups is 3. The molecule has 1 aliphatic rings. The minimum Gasteiger partial charge on any atom is -0.504 e. The molecule has 0 spiro atoms. The van der Waals surface area contributed by atoms with Gasteiger partial charge in [-0.25, -0.2) is 9.29 Å². The van der Waals surface area contributed by atoms with Crippen molar-refractivity contribution in [3.05, 3.63) is 29.3 Å². The number of rotatable bonds is 8. The molecule has 1 aromatic heterocycles. The number of phenols is 2. The second-order valence-corrected chi connectivity index (χ2v) is 9.02. The number of anilines is 2. The number of nitrogens with one attached hydrogen (secondary N) is 2. The average molecular weight is 514 g/mol. The zero-order valence-corrected chi connectivity index (χ0v) is 18.8. The van der Waals surface area contributed by atoms with Crippen molar-refractivity contribution >= 4 is 55.9 Å². The van der Waals surface area contributed by atoms with Gasteiger partial charge in [-0.15, -0.1) is 11.3 Å². The van der Waals surface area contributed by atoms with Crippen molar-refractivity contribution in [2.24, 2.45) is 5.16 Å². The standard InChI is InChI=1S/C17H18N6O9S2/c1-7-13(16(28)23(7)34(29,30)31)21-15(27)14(9-6-33-17(18)20-9)22-32-5-12(26)19-8-2-3-10(24)11(25)4-8/h2-4,6-7,13,24-25H,5H2,1H3,(H2,18,20)(H,19,26)(H,21,27)(H,29,30,31)/t7-,13+/m1/s1. The molecule has 34 heavy (non-hydrogen) atoms. The molecule has 3 rings (SSSR count). The molecule has 0 saturated carbocycles. The molecule has 0 aliphatic carbocycles. The summed E-state index contributed by atoms with van der Waals surface area (Å²) >= 11 is 0.977. The molecule has 17 heteroatoms. The van der Waals surface area contributed by atoms with Gasteiger partial charge in [-0.3, -0.25) is 18.9 Å². The number of carbonyl (C=O) groups excluding carboxylic acids is 3. The Labute approximate surface area is 195 Å². The number of oxime groups is 1. The van der Waals surface area contributed by atoms with Crippen LogP contribution in [0.2, 0.25) is 0 Å². The van der Waals surface area contributed by atoms with Gasteiger partial charge in [0.1, 0.15) is 11.7 Å². The molecule has 3 amide bonds. The summed E-state index contributed by atoms with van der Waals surface area (Å²) in [5.41, 5.74) is 5.24. The van der Waals surface area contributed by atoms with Crippen LogP contribution in [-0.4, -0.2) is 74.6 Å². The van der Waals surface area contributed by atoms with Crippen molar-refractivity contribution in [1.29, 1.82) is 0 Å². The highest BCUT2D eigenvalue weighted by Gasteiger charge is 2.51. The van der Waals surface area contributed by atoms with Crippen molar-refractivity contribution in [2.75, 3.05) is 17.7 Å². The summed E-state index contributed by atoms with van der Waals surface area (Å²) in [6, 6.07) is 1.23. The predicted octanol–water partition coefficient (Wildman–Crippen LogP) is -0.986. The van der Waals surface area contributed by atoms with Gasteiger partial charge >= 0.3 is 10.3 Å². The molecule has 2 aromatic rings. The zero-order chi connectivity index (χ0) is 25.2. The normalized spacial score (nSPS) is 18.2. The second-order valence-electron chi connectivity index (χ2n) is 6.84. The first kappa shape index (κ1) is 24.7. The topological polar surface area (TPSA) is 234 Å². The van der Waals surface area contributed by atoms with Crippen LogP contribution in [-0.2, 0) is 29.5 Å². The number of hydrogen-bond acceptors (Lipinski definition) is 12. The Morgan fingerprint density at radius 2 is 2.03 bits per heavy atom. The van der Waals surface area contributed by atoms with Crippen LogP contribution in [0.25, 0.3) is 0 Å². The molecular weight excluding hydrogens is 496 g/mol. The molecular formula is C17H18N6O9S2. The van der Waals surface area contributed by atoms with E-state index in [0.717, 1.165) is 23.5 Å². The van der Waals surface area contributed by atoms with E-state index in [-0.39, 0.29) is 26.6 Å². The summed E-state index contributed by atoms with van der Waals surface area (Å²) in [6.45, 7) is 0.618. The fourth-order valence-electron chi connectivity index (χ4n) is 2.87. The lowest BCUT2D eigenvalue weighted by Gasteiger charge is -2.42. The third kappa shape index (κ3) is 5.33. The van der Waals surface area contributed by atoms with Crippen LogP contribution >= 0.6 is 11.3 Å². The number of nitrogen functional groups attached to an aromatic ring is 1.